The first-order valence-electron chi connectivity index (χ1n) is 17.2. The fourth-order valence-corrected chi connectivity index (χ4v) is 7.65. The maximum absolute atomic E-state index is 14.8. The molecular weight excluding hydrogens is 670 g/mol. The summed E-state index contributed by atoms with van der Waals surface area (Å²) in [6.07, 6.45) is -4.56. The van der Waals surface area contributed by atoms with E-state index in [0.717, 1.165) is 31.7 Å². The van der Waals surface area contributed by atoms with Gasteiger partial charge in [0.15, 0.2) is 0 Å². The summed E-state index contributed by atoms with van der Waals surface area (Å²) < 4.78 is 71.0. The van der Waals surface area contributed by atoms with Gasteiger partial charge in [-0.05, 0) is 51.9 Å². The average Bonchev–Trinajstić information content (AvgIpc) is 3.56. The van der Waals surface area contributed by atoms with Gasteiger partial charge in [0.1, 0.15) is 12.4 Å². The molecule has 1 aliphatic heterocycles. The van der Waals surface area contributed by atoms with Gasteiger partial charge in [-0.1, -0.05) is 109 Å². The predicted molar refractivity (Wildman–Crippen MR) is 195 cm³/mol. The topological polar surface area (TPSA) is 36.9 Å². The molecule has 0 aliphatic carbocycles. The maximum atomic E-state index is 14.8. The van der Waals surface area contributed by atoms with E-state index in [1.807, 2.05) is 121 Å². The fraction of sp³-hybridized carbons (Fsp3) is 0.256. The molecule has 5 aromatic carbocycles. The maximum Gasteiger partial charge on any atom is 0.416 e. The van der Waals surface area contributed by atoms with Gasteiger partial charge < -0.3 is 18.9 Å². The van der Waals surface area contributed by atoms with Crippen LogP contribution in [0.2, 0.25) is 0 Å². The van der Waals surface area contributed by atoms with Crippen molar-refractivity contribution in [2.24, 2.45) is 0 Å². The van der Waals surface area contributed by atoms with E-state index in [0.29, 0.717) is 38.2 Å². The lowest BCUT2D eigenvalue weighted by molar-refractivity contribution is -0.143. The highest BCUT2D eigenvalue weighted by Crippen LogP contribution is 2.44. The summed E-state index contributed by atoms with van der Waals surface area (Å²) in [6, 6.07) is 42.0. The van der Waals surface area contributed by atoms with Crippen LogP contribution >= 0.6 is 11.3 Å². The largest absolute Gasteiger partial charge is 0.489 e. The van der Waals surface area contributed by atoms with E-state index < -0.39 is 17.8 Å². The van der Waals surface area contributed by atoms with Crippen molar-refractivity contribution in [1.29, 1.82) is 0 Å². The normalized spacial score (nSPS) is 17.8. The van der Waals surface area contributed by atoms with Crippen LogP contribution in [-0.4, -0.2) is 18.8 Å². The molecule has 1 aliphatic rings. The smallest absolute Gasteiger partial charge is 0.416 e. The summed E-state index contributed by atoms with van der Waals surface area (Å²) in [5.74, 6) is 0.156. The number of halogens is 3. The van der Waals surface area contributed by atoms with Crippen LogP contribution in [0.5, 0.6) is 5.75 Å². The summed E-state index contributed by atoms with van der Waals surface area (Å²) in [6.45, 7) is 1.26. The third kappa shape index (κ3) is 9.26. The lowest BCUT2D eigenvalue weighted by Crippen LogP contribution is -2.36. The Morgan fingerprint density at radius 2 is 1.31 bits per heavy atom. The second-order valence-electron chi connectivity index (χ2n) is 12.9. The van der Waals surface area contributed by atoms with Crippen LogP contribution in [-0.2, 0) is 46.6 Å². The van der Waals surface area contributed by atoms with Crippen molar-refractivity contribution in [1.82, 2.24) is 0 Å². The Labute approximate surface area is 300 Å². The molecule has 262 valence electrons. The molecule has 2 heterocycles. The van der Waals surface area contributed by atoms with Crippen LogP contribution in [0.1, 0.15) is 57.2 Å². The summed E-state index contributed by atoms with van der Waals surface area (Å²) in [5, 5.41) is 1.02. The van der Waals surface area contributed by atoms with Crippen molar-refractivity contribution < 1.29 is 32.1 Å². The molecule has 0 radical (unpaired) electrons. The molecule has 7 rings (SSSR count). The van der Waals surface area contributed by atoms with E-state index in [1.165, 1.54) is 17.4 Å². The minimum Gasteiger partial charge on any atom is -0.489 e. The zero-order valence-electron chi connectivity index (χ0n) is 28.1. The average molecular weight is 709 g/mol. The summed E-state index contributed by atoms with van der Waals surface area (Å²) in [5.41, 5.74) is 3.01. The molecule has 1 saturated heterocycles. The molecule has 0 saturated carbocycles. The van der Waals surface area contributed by atoms with Crippen LogP contribution in [0, 0.1) is 0 Å². The predicted octanol–water partition coefficient (Wildman–Crippen LogP) is 11.1. The molecule has 4 nitrogen and oxygen atoms in total. The third-order valence-electron chi connectivity index (χ3n) is 9.07. The van der Waals surface area contributed by atoms with Crippen molar-refractivity contribution in [3.05, 3.63) is 172 Å². The lowest BCUT2D eigenvalue weighted by atomic mass is 9.91. The van der Waals surface area contributed by atoms with Crippen LogP contribution in [0.3, 0.4) is 0 Å². The second-order valence-corrected chi connectivity index (χ2v) is 14.1. The number of ether oxygens (including phenoxy) is 4. The summed E-state index contributed by atoms with van der Waals surface area (Å²) >= 11 is 1.51. The van der Waals surface area contributed by atoms with Crippen LogP contribution in [0.25, 0.3) is 10.1 Å². The van der Waals surface area contributed by atoms with Crippen molar-refractivity contribution >= 4 is 21.4 Å². The lowest BCUT2D eigenvalue weighted by Gasteiger charge is -2.36. The van der Waals surface area contributed by atoms with Crippen molar-refractivity contribution in [2.75, 3.05) is 6.61 Å². The first-order chi connectivity index (χ1) is 24.9. The molecule has 8 heteroatoms. The molecule has 1 aromatic heterocycles. The van der Waals surface area contributed by atoms with Gasteiger partial charge in [0.05, 0.1) is 43.7 Å². The van der Waals surface area contributed by atoms with E-state index in [2.05, 4.69) is 0 Å². The molecule has 0 amide bonds. The number of rotatable bonds is 13. The van der Waals surface area contributed by atoms with Gasteiger partial charge in [-0.15, -0.1) is 11.3 Å². The van der Waals surface area contributed by atoms with Gasteiger partial charge in [-0.3, -0.25) is 0 Å². The Kier molecular flexibility index (Phi) is 11.1. The molecule has 0 spiro atoms. The molecule has 0 bridgehead atoms. The zero-order valence-corrected chi connectivity index (χ0v) is 28.9. The van der Waals surface area contributed by atoms with Crippen molar-refractivity contribution in [3.8, 4) is 5.75 Å². The Morgan fingerprint density at radius 3 is 1.98 bits per heavy atom. The Morgan fingerprint density at radius 1 is 0.686 bits per heavy atom. The summed E-state index contributed by atoms with van der Waals surface area (Å²) in [7, 11) is 0. The Hall–Kier alpha value is -4.47. The van der Waals surface area contributed by atoms with Crippen LogP contribution < -0.4 is 4.74 Å². The minimum absolute atomic E-state index is 0.116. The summed E-state index contributed by atoms with van der Waals surface area (Å²) in [4.78, 5) is 0.853. The molecule has 6 aromatic rings. The van der Waals surface area contributed by atoms with E-state index in [9.17, 15) is 13.2 Å². The first-order valence-corrected chi connectivity index (χ1v) is 18.0. The van der Waals surface area contributed by atoms with E-state index >= 15 is 0 Å². The van der Waals surface area contributed by atoms with E-state index in [-0.39, 0.29) is 36.5 Å². The number of hydrogen-bond donors (Lipinski definition) is 0. The Balaban J connectivity index is 1.22. The monoisotopic (exact) mass is 708 g/mol. The molecule has 51 heavy (non-hydrogen) atoms. The Bertz CT molecular complexity index is 1960. The van der Waals surface area contributed by atoms with Gasteiger partial charge in [-0.25, -0.2) is 0 Å². The molecule has 0 unspecified atom stereocenters. The van der Waals surface area contributed by atoms with Gasteiger partial charge in [-0.2, -0.15) is 13.2 Å². The second kappa shape index (κ2) is 16.3. The van der Waals surface area contributed by atoms with Crippen molar-refractivity contribution in [2.45, 2.75) is 63.6 Å². The van der Waals surface area contributed by atoms with Crippen LogP contribution in [0.4, 0.5) is 13.2 Å². The highest BCUT2D eigenvalue weighted by atomic mass is 32.1. The number of alkyl halides is 3. The van der Waals surface area contributed by atoms with Gasteiger partial charge in [0.2, 0.25) is 0 Å². The minimum atomic E-state index is -4.59. The van der Waals surface area contributed by atoms with Gasteiger partial charge >= 0.3 is 6.18 Å². The molecule has 3 atom stereocenters. The van der Waals surface area contributed by atoms with E-state index in [4.69, 9.17) is 18.9 Å². The molecular formula is C43H39F3O4S. The third-order valence-corrected chi connectivity index (χ3v) is 10.2. The first kappa shape index (κ1) is 35.0. The van der Waals surface area contributed by atoms with Gasteiger partial charge in [0.25, 0.3) is 0 Å². The highest BCUT2D eigenvalue weighted by molar-refractivity contribution is 7.19. The quantitative estimate of drug-likeness (QED) is 0.120. The number of fused-ring (bicyclic) bond motifs is 1. The van der Waals surface area contributed by atoms with E-state index in [1.54, 1.807) is 6.07 Å². The standard InChI is InChI=1S/C43H39F3O4S/c44-43(45,46)39-25-40(49-28-32-16-8-3-9-17-32)38(22-34(39)21-37-20-33-18-10-11-19-42(33)51-37)41-24-35(48-27-31-14-6-2-7-15-31)23-36(50-41)29-47-26-30-12-4-1-5-13-30/h1-20,22,25,35-36,41H,21,23-24,26-29H2/t35-,36-,41+/m0/s1. The number of benzene rings is 5. The van der Waals surface area contributed by atoms with Crippen molar-refractivity contribution in [3.63, 3.8) is 0 Å². The fourth-order valence-electron chi connectivity index (χ4n) is 6.56. The number of thiophene rings is 1. The van der Waals surface area contributed by atoms with Crippen LogP contribution in [0.15, 0.2) is 133 Å². The molecule has 1 fully saturated rings. The molecule has 0 N–H and O–H groups in total. The highest BCUT2D eigenvalue weighted by Gasteiger charge is 2.38. The SMILES string of the molecule is FC(F)(F)c1cc(OCc2ccccc2)c([C@H]2C[C@@H](OCc3ccccc3)C[C@@H](COCc3ccccc3)O2)cc1Cc1cc2ccccc2s1. The van der Waals surface area contributed by atoms with Gasteiger partial charge in [0, 0.05) is 34.4 Å². The zero-order chi connectivity index (χ0) is 35.0. The number of hydrogen-bond acceptors (Lipinski definition) is 5.